The number of nitro groups is 1. The Labute approximate surface area is 199 Å². The van der Waals surface area contributed by atoms with Gasteiger partial charge in [-0.3, -0.25) is 14.9 Å². The van der Waals surface area contributed by atoms with Crippen LogP contribution in [0, 0.1) is 10.1 Å². The van der Waals surface area contributed by atoms with Crippen molar-refractivity contribution < 1.29 is 19.2 Å². The first-order chi connectivity index (χ1) is 16.1. The van der Waals surface area contributed by atoms with E-state index in [1.165, 1.54) is 12.1 Å². The lowest BCUT2D eigenvalue weighted by atomic mass is 9.85. The first kappa shape index (κ1) is 23.5. The average Bonchev–Trinajstić information content (AvgIpc) is 3.05. The number of ether oxygens (including phenoxy) is 1. The molecule has 0 saturated carbocycles. The maximum absolute atomic E-state index is 13.8. The number of likely N-dealkylation sites (tertiary alicyclic amines) is 1. The third-order valence-corrected chi connectivity index (χ3v) is 6.34. The molecule has 2 amide bonds. The summed E-state index contributed by atoms with van der Waals surface area (Å²) in [4.78, 5) is 42.5. The van der Waals surface area contributed by atoms with Gasteiger partial charge in [-0.15, -0.1) is 0 Å². The van der Waals surface area contributed by atoms with Gasteiger partial charge in [0.05, 0.1) is 11.6 Å². The van der Waals surface area contributed by atoms with Crippen LogP contribution in [0.25, 0.3) is 0 Å². The second-order valence-electron chi connectivity index (χ2n) is 9.83. The topological polar surface area (TPSA) is 96.2 Å². The average molecular weight is 467 g/mol. The highest BCUT2D eigenvalue weighted by Crippen LogP contribution is 2.40. The van der Waals surface area contributed by atoms with Crippen LogP contribution in [0.2, 0.25) is 0 Å². The van der Waals surface area contributed by atoms with Gasteiger partial charge in [-0.1, -0.05) is 30.3 Å². The van der Waals surface area contributed by atoms with Gasteiger partial charge < -0.3 is 19.4 Å². The second-order valence-corrected chi connectivity index (χ2v) is 9.83. The van der Waals surface area contributed by atoms with Gasteiger partial charge in [-0.05, 0) is 51.3 Å². The van der Waals surface area contributed by atoms with E-state index in [1.54, 1.807) is 21.9 Å². The van der Waals surface area contributed by atoms with E-state index in [-0.39, 0.29) is 17.7 Å². The highest BCUT2D eigenvalue weighted by Gasteiger charge is 2.54. The Bertz CT molecular complexity index is 1060. The van der Waals surface area contributed by atoms with Gasteiger partial charge in [0.25, 0.3) is 5.69 Å². The van der Waals surface area contributed by atoms with Crippen LogP contribution in [-0.2, 0) is 16.1 Å². The molecule has 1 spiro atoms. The van der Waals surface area contributed by atoms with Gasteiger partial charge in [0.1, 0.15) is 11.1 Å². The Balaban J connectivity index is 1.55. The van der Waals surface area contributed by atoms with E-state index >= 15 is 0 Å². The smallest absolute Gasteiger partial charge is 0.410 e. The highest BCUT2D eigenvalue weighted by molar-refractivity contribution is 5.93. The molecular weight excluding hydrogens is 436 g/mol. The maximum Gasteiger partial charge on any atom is 0.410 e. The lowest BCUT2D eigenvalue weighted by Crippen LogP contribution is -2.57. The molecule has 2 aromatic rings. The summed E-state index contributed by atoms with van der Waals surface area (Å²) in [5, 5.41) is 11.0. The second kappa shape index (κ2) is 8.96. The summed E-state index contributed by atoms with van der Waals surface area (Å²) in [5.41, 5.74) is 0.476. The number of nitro benzene ring substituents is 1. The van der Waals surface area contributed by atoms with E-state index in [1.807, 2.05) is 51.1 Å². The molecule has 2 saturated heterocycles. The lowest BCUT2D eigenvalue weighted by Gasteiger charge is -2.43. The van der Waals surface area contributed by atoms with Crippen molar-refractivity contribution in [2.45, 2.75) is 51.3 Å². The van der Waals surface area contributed by atoms with Crippen LogP contribution in [0.1, 0.15) is 39.2 Å². The van der Waals surface area contributed by atoms with Crippen molar-refractivity contribution in [1.82, 2.24) is 9.80 Å². The SMILES string of the molecule is CC(C)(C)OC(=O)N1CCC2(CC1)C(=O)N(Cc1ccc([N+](=O)[O-])cc1)CN2c1ccccc1. The molecule has 0 bridgehead atoms. The van der Waals surface area contributed by atoms with E-state index in [2.05, 4.69) is 4.90 Å². The number of carbonyl (C=O) groups is 2. The fourth-order valence-electron chi connectivity index (χ4n) is 4.65. The zero-order chi connectivity index (χ0) is 24.5. The molecule has 2 aliphatic rings. The maximum atomic E-state index is 13.8. The van der Waals surface area contributed by atoms with Crippen LogP contribution in [0.15, 0.2) is 54.6 Å². The van der Waals surface area contributed by atoms with E-state index in [0.29, 0.717) is 39.1 Å². The van der Waals surface area contributed by atoms with Crippen LogP contribution in [0.3, 0.4) is 0 Å². The monoisotopic (exact) mass is 466 g/mol. The summed E-state index contributed by atoms with van der Waals surface area (Å²) in [6.45, 7) is 7.13. The first-order valence-corrected chi connectivity index (χ1v) is 11.4. The highest BCUT2D eigenvalue weighted by atomic mass is 16.6. The molecule has 34 heavy (non-hydrogen) atoms. The number of piperidine rings is 1. The normalized spacial score (nSPS) is 17.9. The molecule has 2 aromatic carbocycles. The zero-order valence-electron chi connectivity index (χ0n) is 19.8. The van der Waals surface area contributed by atoms with Crippen LogP contribution in [-0.4, -0.2) is 57.6 Å². The van der Waals surface area contributed by atoms with Gasteiger partial charge in [-0.2, -0.15) is 0 Å². The molecule has 180 valence electrons. The predicted octanol–water partition coefficient (Wildman–Crippen LogP) is 4.17. The predicted molar refractivity (Wildman–Crippen MR) is 127 cm³/mol. The molecule has 0 unspecified atom stereocenters. The van der Waals surface area contributed by atoms with E-state index in [4.69, 9.17) is 4.74 Å². The Morgan fingerprint density at radius 2 is 1.68 bits per heavy atom. The number of non-ortho nitro benzene ring substituents is 1. The zero-order valence-corrected chi connectivity index (χ0v) is 19.8. The molecule has 9 nitrogen and oxygen atoms in total. The molecular formula is C25H30N4O5. The quantitative estimate of drug-likeness (QED) is 0.496. The summed E-state index contributed by atoms with van der Waals surface area (Å²) >= 11 is 0. The summed E-state index contributed by atoms with van der Waals surface area (Å²) in [6.07, 6.45) is 0.634. The number of hydrogen-bond acceptors (Lipinski definition) is 6. The number of hydrogen-bond donors (Lipinski definition) is 0. The van der Waals surface area contributed by atoms with Gasteiger partial charge in [0.2, 0.25) is 5.91 Å². The van der Waals surface area contributed by atoms with Gasteiger partial charge in [-0.25, -0.2) is 4.79 Å². The largest absolute Gasteiger partial charge is 0.444 e. The number of rotatable bonds is 4. The number of amides is 2. The molecule has 9 heteroatoms. The molecule has 4 rings (SSSR count). The van der Waals surface area contributed by atoms with Crippen LogP contribution in [0.4, 0.5) is 16.2 Å². The van der Waals surface area contributed by atoms with Crippen molar-refractivity contribution in [3.8, 4) is 0 Å². The van der Waals surface area contributed by atoms with E-state index in [0.717, 1.165) is 11.3 Å². The standard InChI is InChI=1S/C25H30N4O5/c1-24(2,3)34-23(31)26-15-13-25(14-16-26)22(30)27(18-28(25)20-7-5-4-6-8-20)17-19-9-11-21(12-10-19)29(32)33/h4-12H,13-18H2,1-3H3. The Morgan fingerprint density at radius 3 is 2.24 bits per heavy atom. The molecule has 2 aliphatic heterocycles. The number of nitrogens with zero attached hydrogens (tertiary/aromatic N) is 4. The molecule has 0 atom stereocenters. The molecule has 0 radical (unpaired) electrons. The van der Waals surface area contributed by atoms with E-state index in [9.17, 15) is 19.7 Å². The van der Waals surface area contributed by atoms with Gasteiger partial charge in [0.15, 0.2) is 0 Å². The molecule has 2 heterocycles. The van der Waals surface area contributed by atoms with Crippen molar-refractivity contribution in [3.63, 3.8) is 0 Å². The molecule has 0 aromatic heterocycles. The minimum absolute atomic E-state index is 0.0125. The van der Waals surface area contributed by atoms with Crippen molar-refractivity contribution in [1.29, 1.82) is 0 Å². The van der Waals surface area contributed by atoms with Crippen molar-refractivity contribution in [3.05, 3.63) is 70.3 Å². The fraction of sp³-hybridized carbons (Fsp3) is 0.440. The summed E-state index contributed by atoms with van der Waals surface area (Å²) in [6, 6.07) is 16.1. The number of carbonyl (C=O) groups excluding carboxylic acids is 2. The van der Waals surface area contributed by atoms with E-state index < -0.39 is 16.1 Å². The minimum Gasteiger partial charge on any atom is -0.444 e. The van der Waals surface area contributed by atoms with Crippen LogP contribution in [0.5, 0.6) is 0 Å². The van der Waals surface area contributed by atoms with Crippen molar-refractivity contribution >= 4 is 23.4 Å². The number of anilines is 1. The lowest BCUT2D eigenvalue weighted by molar-refractivity contribution is -0.384. The summed E-state index contributed by atoms with van der Waals surface area (Å²) < 4.78 is 5.52. The summed E-state index contributed by atoms with van der Waals surface area (Å²) in [5.74, 6) is 0.0125. The fourth-order valence-corrected chi connectivity index (χ4v) is 4.65. The van der Waals surface area contributed by atoms with Crippen molar-refractivity contribution in [2.75, 3.05) is 24.7 Å². The minimum atomic E-state index is -0.749. The Hall–Kier alpha value is -3.62. The van der Waals surface area contributed by atoms with Crippen LogP contribution >= 0.6 is 0 Å². The van der Waals surface area contributed by atoms with Gasteiger partial charge in [0, 0.05) is 37.5 Å². The summed E-state index contributed by atoms with van der Waals surface area (Å²) in [7, 11) is 0. The molecule has 2 fully saturated rings. The third kappa shape index (κ3) is 4.69. The van der Waals surface area contributed by atoms with Crippen LogP contribution < -0.4 is 4.90 Å². The number of para-hydroxylation sites is 1. The van der Waals surface area contributed by atoms with Gasteiger partial charge >= 0.3 is 6.09 Å². The van der Waals surface area contributed by atoms with Crippen molar-refractivity contribution in [2.24, 2.45) is 0 Å². The first-order valence-electron chi connectivity index (χ1n) is 11.4. The Kier molecular flexibility index (Phi) is 6.20. The number of benzene rings is 2. The molecule has 0 N–H and O–H groups in total. The Morgan fingerprint density at radius 1 is 1.06 bits per heavy atom. The third-order valence-electron chi connectivity index (χ3n) is 6.34. The molecule has 0 aliphatic carbocycles.